The van der Waals surface area contributed by atoms with Gasteiger partial charge in [0.25, 0.3) is 10.0 Å². The minimum absolute atomic E-state index is 0.0343. The van der Waals surface area contributed by atoms with Gasteiger partial charge in [0.2, 0.25) is 6.10 Å². The Hall–Kier alpha value is -2.94. The lowest BCUT2D eigenvalue weighted by Crippen LogP contribution is -2.47. The molecule has 142 valence electrons. The van der Waals surface area contributed by atoms with Gasteiger partial charge in [0.15, 0.2) is 11.5 Å². The normalized spacial score (nSPS) is 18.3. The van der Waals surface area contributed by atoms with E-state index in [1.54, 1.807) is 30.3 Å². The number of esters is 1. The van der Waals surface area contributed by atoms with Crippen molar-refractivity contribution >= 4 is 21.7 Å². The number of rotatable bonds is 3. The second-order valence-electron chi connectivity index (χ2n) is 5.94. The quantitative estimate of drug-likeness (QED) is 0.734. The van der Waals surface area contributed by atoms with Crippen molar-refractivity contribution < 1.29 is 32.2 Å². The van der Waals surface area contributed by atoms with Crippen LogP contribution in [-0.2, 0) is 19.6 Å². The van der Waals surface area contributed by atoms with E-state index in [-0.39, 0.29) is 11.4 Å². The van der Waals surface area contributed by atoms with Crippen molar-refractivity contribution in [2.75, 3.05) is 31.2 Å². The highest BCUT2D eigenvalue weighted by Gasteiger charge is 2.38. The molecule has 0 spiro atoms. The second-order valence-corrected chi connectivity index (χ2v) is 7.80. The molecule has 2 aliphatic rings. The fourth-order valence-corrected chi connectivity index (χ4v) is 4.49. The lowest BCUT2D eigenvalue weighted by atomic mass is 10.2. The molecule has 0 aromatic heterocycles. The predicted octanol–water partition coefficient (Wildman–Crippen LogP) is 1.59. The third-order valence-corrected chi connectivity index (χ3v) is 6.08. The summed E-state index contributed by atoms with van der Waals surface area (Å²) < 4.78 is 49.0. The van der Waals surface area contributed by atoms with Crippen LogP contribution in [0.4, 0.5) is 5.69 Å². The number of methoxy groups -OCH3 is 1. The smallest absolute Gasteiger partial charge is 0.348 e. The minimum Gasteiger partial charge on any atom is -0.486 e. The summed E-state index contributed by atoms with van der Waals surface area (Å²) in [5.74, 6) is 0.510. The van der Waals surface area contributed by atoms with E-state index in [0.29, 0.717) is 36.1 Å². The molecule has 0 saturated carbocycles. The standard InChI is InChI=1S/C18H17NO7S/c1-23-18(20)17-11-19(13-4-2-3-5-14(13)26-17)27(21,22)12-6-7-15-16(10-12)25-9-8-24-15/h2-7,10,17H,8-9,11H2,1H3/t17-/m0/s1. The van der Waals surface area contributed by atoms with E-state index in [0.717, 1.165) is 4.31 Å². The van der Waals surface area contributed by atoms with E-state index in [4.69, 9.17) is 18.9 Å². The molecule has 27 heavy (non-hydrogen) atoms. The molecule has 2 aliphatic heterocycles. The van der Waals surface area contributed by atoms with Crippen molar-refractivity contribution in [1.29, 1.82) is 0 Å². The summed E-state index contributed by atoms with van der Waals surface area (Å²) in [5, 5.41) is 0. The Morgan fingerprint density at radius 3 is 2.59 bits per heavy atom. The Morgan fingerprint density at radius 2 is 1.81 bits per heavy atom. The maximum absolute atomic E-state index is 13.3. The highest BCUT2D eigenvalue weighted by molar-refractivity contribution is 7.92. The van der Waals surface area contributed by atoms with E-state index >= 15 is 0 Å². The van der Waals surface area contributed by atoms with Crippen LogP contribution in [0.3, 0.4) is 0 Å². The van der Waals surface area contributed by atoms with Crippen molar-refractivity contribution in [3.05, 3.63) is 42.5 Å². The van der Waals surface area contributed by atoms with Crippen LogP contribution in [0.5, 0.6) is 17.2 Å². The van der Waals surface area contributed by atoms with Crippen LogP contribution >= 0.6 is 0 Å². The van der Waals surface area contributed by atoms with E-state index < -0.39 is 22.1 Å². The molecular formula is C18H17NO7S. The van der Waals surface area contributed by atoms with Gasteiger partial charge in [-0.3, -0.25) is 4.31 Å². The number of nitrogens with zero attached hydrogens (tertiary/aromatic N) is 1. The van der Waals surface area contributed by atoms with Gasteiger partial charge in [-0.2, -0.15) is 0 Å². The number of ether oxygens (including phenoxy) is 4. The SMILES string of the molecule is COC(=O)[C@@H]1CN(S(=O)(=O)c2ccc3c(c2)OCCO3)c2ccccc2O1. The fourth-order valence-electron chi connectivity index (χ4n) is 3.00. The molecule has 2 aromatic carbocycles. The highest BCUT2D eigenvalue weighted by Crippen LogP contribution is 2.39. The molecule has 0 fully saturated rings. The molecule has 0 amide bonds. The summed E-state index contributed by atoms with van der Waals surface area (Å²) >= 11 is 0. The second kappa shape index (κ2) is 6.66. The number of carbonyl (C=O) groups is 1. The number of sulfonamides is 1. The van der Waals surface area contributed by atoms with Crippen LogP contribution in [0.2, 0.25) is 0 Å². The van der Waals surface area contributed by atoms with Crippen LogP contribution in [0.1, 0.15) is 0 Å². The van der Waals surface area contributed by atoms with Gasteiger partial charge in [0.1, 0.15) is 19.0 Å². The van der Waals surface area contributed by atoms with E-state index in [9.17, 15) is 13.2 Å². The van der Waals surface area contributed by atoms with Gasteiger partial charge in [-0.25, -0.2) is 13.2 Å². The fraction of sp³-hybridized carbons (Fsp3) is 0.278. The Balaban J connectivity index is 1.77. The Kier molecular flexibility index (Phi) is 4.31. The maximum atomic E-state index is 13.3. The first-order valence-corrected chi connectivity index (χ1v) is 9.70. The zero-order valence-electron chi connectivity index (χ0n) is 14.5. The molecule has 8 nitrogen and oxygen atoms in total. The third-order valence-electron chi connectivity index (χ3n) is 4.30. The van der Waals surface area contributed by atoms with Crippen LogP contribution in [0.15, 0.2) is 47.4 Å². The number of anilines is 1. The van der Waals surface area contributed by atoms with E-state index in [1.165, 1.54) is 19.2 Å². The first-order valence-electron chi connectivity index (χ1n) is 8.26. The number of hydrogen-bond donors (Lipinski definition) is 0. The highest BCUT2D eigenvalue weighted by atomic mass is 32.2. The van der Waals surface area contributed by atoms with E-state index in [2.05, 4.69) is 0 Å². The first kappa shape index (κ1) is 17.5. The summed E-state index contributed by atoms with van der Waals surface area (Å²) in [5.41, 5.74) is 0.354. The summed E-state index contributed by atoms with van der Waals surface area (Å²) in [6.45, 7) is 0.568. The summed E-state index contributed by atoms with van der Waals surface area (Å²) in [4.78, 5) is 12.0. The summed E-state index contributed by atoms with van der Waals surface area (Å²) in [6, 6.07) is 11.1. The van der Waals surface area contributed by atoms with Gasteiger partial charge in [-0.05, 0) is 24.3 Å². The number of fused-ring (bicyclic) bond motifs is 2. The van der Waals surface area contributed by atoms with Crippen molar-refractivity contribution in [2.24, 2.45) is 0 Å². The van der Waals surface area contributed by atoms with Crippen molar-refractivity contribution in [2.45, 2.75) is 11.0 Å². The molecule has 0 aliphatic carbocycles. The minimum atomic E-state index is -3.97. The molecule has 0 unspecified atom stereocenters. The predicted molar refractivity (Wildman–Crippen MR) is 94.8 cm³/mol. The zero-order chi connectivity index (χ0) is 19.0. The van der Waals surface area contributed by atoms with Crippen LogP contribution in [-0.4, -0.2) is 47.4 Å². The van der Waals surface area contributed by atoms with Crippen LogP contribution in [0.25, 0.3) is 0 Å². The Labute approximate surface area is 156 Å². The largest absolute Gasteiger partial charge is 0.486 e. The number of benzene rings is 2. The molecule has 4 rings (SSSR count). The number of carbonyl (C=O) groups excluding carboxylic acids is 1. The van der Waals surface area contributed by atoms with Crippen molar-refractivity contribution in [1.82, 2.24) is 0 Å². The average molecular weight is 391 g/mol. The van der Waals surface area contributed by atoms with Gasteiger partial charge in [0, 0.05) is 6.07 Å². The molecule has 9 heteroatoms. The van der Waals surface area contributed by atoms with Crippen LogP contribution < -0.4 is 18.5 Å². The lowest BCUT2D eigenvalue weighted by molar-refractivity contribution is -0.148. The summed E-state index contributed by atoms with van der Waals surface area (Å²) in [6.07, 6.45) is -1.06. The first-order chi connectivity index (χ1) is 13.0. The van der Waals surface area contributed by atoms with Gasteiger partial charge in [-0.1, -0.05) is 12.1 Å². The van der Waals surface area contributed by atoms with Gasteiger partial charge in [0.05, 0.1) is 24.2 Å². The maximum Gasteiger partial charge on any atom is 0.348 e. The number of para-hydroxylation sites is 2. The molecular weight excluding hydrogens is 374 g/mol. The van der Waals surface area contributed by atoms with Crippen molar-refractivity contribution in [3.63, 3.8) is 0 Å². The van der Waals surface area contributed by atoms with E-state index in [1.807, 2.05) is 0 Å². The molecule has 0 bridgehead atoms. The number of hydrogen-bond acceptors (Lipinski definition) is 7. The molecule has 1 atom stereocenters. The monoisotopic (exact) mass is 391 g/mol. The van der Waals surface area contributed by atoms with Gasteiger partial charge < -0.3 is 18.9 Å². The Morgan fingerprint density at radius 1 is 1.07 bits per heavy atom. The molecule has 2 aromatic rings. The summed E-state index contributed by atoms with van der Waals surface area (Å²) in [7, 11) is -2.75. The molecule has 0 saturated heterocycles. The van der Waals surface area contributed by atoms with Gasteiger partial charge in [-0.15, -0.1) is 0 Å². The molecule has 2 heterocycles. The molecule has 0 N–H and O–H groups in total. The lowest BCUT2D eigenvalue weighted by Gasteiger charge is -2.34. The average Bonchev–Trinajstić information content (AvgIpc) is 2.71. The zero-order valence-corrected chi connectivity index (χ0v) is 15.3. The molecule has 0 radical (unpaired) electrons. The third kappa shape index (κ3) is 3.03. The van der Waals surface area contributed by atoms with Crippen molar-refractivity contribution in [3.8, 4) is 17.2 Å². The Bertz CT molecular complexity index is 989. The van der Waals surface area contributed by atoms with Crippen LogP contribution in [0, 0.1) is 0 Å². The topological polar surface area (TPSA) is 91.4 Å². The van der Waals surface area contributed by atoms with Gasteiger partial charge >= 0.3 is 5.97 Å².